The molecule has 7 nitrogen and oxygen atoms in total. The van der Waals surface area contributed by atoms with E-state index >= 15 is 0 Å². The summed E-state index contributed by atoms with van der Waals surface area (Å²) in [5.74, 6) is 1.90. The normalized spacial score (nSPS) is 18.7. The highest BCUT2D eigenvalue weighted by Gasteiger charge is 2.47. The number of nitrogens with zero attached hydrogens (tertiary/aromatic N) is 3. The third-order valence-electron chi connectivity index (χ3n) is 5.07. The van der Waals surface area contributed by atoms with Gasteiger partial charge in [-0.15, -0.1) is 0 Å². The van der Waals surface area contributed by atoms with Crippen molar-refractivity contribution in [2.45, 2.75) is 5.54 Å². The fourth-order valence-corrected chi connectivity index (χ4v) is 3.75. The zero-order valence-electron chi connectivity index (χ0n) is 15.3. The number of ether oxygens (including phenoxy) is 3. The number of pyridine rings is 1. The van der Waals surface area contributed by atoms with Crippen molar-refractivity contribution in [2.24, 2.45) is 10.7 Å². The van der Waals surface area contributed by atoms with E-state index in [9.17, 15) is 0 Å². The first-order chi connectivity index (χ1) is 14.2. The molecule has 0 bridgehead atoms. The molecule has 7 heteroatoms. The highest BCUT2D eigenvalue weighted by molar-refractivity contribution is 5.78. The van der Waals surface area contributed by atoms with E-state index < -0.39 is 5.54 Å². The van der Waals surface area contributed by atoms with E-state index in [0.29, 0.717) is 17.2 Å². The monoisotopic (exact) mass is 384 g/mol. The van der Waals surface area contributed by atoms with Crippen LogP contribution >= 0.6 is 0 Å². The van der Waals surface area contributed by atoms with Gasteiger partial charge < -0.3 is 19.9 Å². The van der Waals surface area contributed by atoms with Crippen LogP contribution in [-0.2, 0) is 10.3 Å². The van der Waals surface area contributed by atoms with Crippen LogP contribution in [0.15, 0.2) is 65.9 Å². The topological polar surface area (TPSA) is 103 Å². The van der Waals surface area contributed by atoms with Crippen LogP contribution in [-0.4, -0.2) is 24.2 Å². The maximum Gasteiger partial charge on any atom is 0.283 e. The number of hydrogen-bond acceptors (Lipinski definition) is 7. The highest BCUT2D eigenvalue weighted by atomic mass is 16.5. The first-order valence-electron chi connectivity index (χ1n) is 9.05. The number of aliphatic imine (C=N–C) groups is 1. The Morgan fingerprint density at radius 3 is 2.66 bits per heavy atom. The molecule has 0 amide bonds. The summed E-state index contributed by atoms with van der Waals surface area (Å²) in [5.41, 5.74) is 8.68. The summed E-state index contributed by atoms with van der Waals surface area (Å²) >= 11 is 0. The zero-order chi connectivity index (χ0) is 19.8. The Labute approximate surface area is 167 Å². The molecular weight excluding hydrogens is 368 g/mol. The van der Waals surface area contributed by atoms with Crippen LogP contribution in [0.2, 0.25) is 0 Å². The molecule has 3 heterocycles. The quantitative estimate of drug-likeness (QED) is 0.743. The Balaban J connectivity index is 1.69. The Morgan fingerprint density at radius 2 is 1.93 bits per heavy atom. The van der Waals surface area contributed by atoms with E-state index in [0.717, 1.165) is 22.3 Å². The van der Waals surface area contributed by atoms with Crippen LogP contribution in [0.25, 0.3) is 11.1 Å². The average molecular weight is 384 g/mol. The summed E-state index contributed by atoms with van der Waals surface area (Å²) < 4.78 is 17.2. The van der Waals surface area contributed by atoms with Crippen molar-refractivity contribution < 1.29 is 14.2 Å². The summed E-state index contributed by atoms with van der Waals surface area (Å²) in [6.07, 6.45) is 3.55. The van der Waals surface area contributed by atoms with Crippen molar-refractivity contribution in [1.29, 1.82) is 5.26 Å². The van der Waals surface area contributed by atoms with Crippen LogP contribution in [0.4, 0.5) is 0 Å². The van der Waals surface area contributed by atoms with Crippen molar-refractivity contribution in [3.05, 3.63) is 72.1 Å². The number of rotatable bonds is 3. The van der Waals surface area contributed by atoms with Gasteiger partial charge in [0.1, 0.15) is 29.9 Å². The Kier molecular flexibility index (Phi) is 3.85. The van der Waals surface area contributed by atoms with Gasteiger partial charge >= 0.3 is 0 Å². The maximum absolute atomic E-state index is 8.81. The van der Waals surface area contributed by atoms with Crippen LogP contribution in [0.5, 0.6) is 17.2 Å². The molecule has 3 aromatic rings. The van der Waals surface area contributed by atoms with E-state index in [-0.39, 0.29) is 19.2 Å². The lowest BCUT2D eigenvalue weighted by molar-refractivity contribution is 0.263. The lowest BCUT2D eigenvalue weighted by atomic mass is 9.80. The molecular formula is C22H16N4O3. The Morgan fingerprint density at radius 1 is 1.10 bits per heavy atom. The lowest BCUT2D eigenvalue weighted by Crippen LogP contribution is -2.31. The number of nitriles is 1. The Bertz CT molecular complexity index is 1170. The highest BCUT2D eigenvalue weighted by Crippen LogP contribution is 2.52. The van der Waals surface area contributed by atoms with Crippen LogP contribution in [0.1, 0.15) is 11.1 Å². The number of fused-ring (bicyclic) bond motifs is 4. The summed E-state index contributed by atoms with van der Waals surface area (Å²) in [6.45, 7) is 0.205. The molecule has 0 aliphatic carbocycles. The Hall–Kier alpha value is -4.05. The van der Waals surface area contributed by atoms with Gasteiger partial charge in [0.15, 0.2) is 12.1 Å². The standard InChI is InChI=1S/C22H16N4O3/c23-7-9-27-16-4-6-20-18(11-16)22(13-28-21(24)26-22)17-10-14(3-5-19(17)29-20)15-2-1-8-25-12-15/h1-6,8,10-12H,9,13H2,(H2,24,26)/t22-/m0/s1. The number of aromatic nitrogens is 1. The molecule has 0 fully saturated rings. The van der Waals surface area contributed by atoms with Crippen molar-refractivity contribution in [3.63, 3.8) is 0 Å². The molecule has 1 aromatic heterocycles. The number of benzene rings is 2. The largest absolute Gasteiger partial charge is 0.479 e. The lowest BCUT2D eigenvalue weighted by Gasteiger charge is -2.34. The molecule has 0 saturated carbocycles. The van der Waals surface area contributed by atoms with E-state index in [1.807, 2.05) is 54.7 Å². The van der Waals surface area contributed by atoms with Gasteiger partial charge in [-0.25, -0.2) is 4.99 Å². The molecule has 1 atom stereocenters. The first kappa shape index (κ1) is 17.1. The van der Waals surface area contributed by atoms with Crippen molar-refractivity contribution in [3.8, 4) is 34.4 Å². The summed E-state index contributed by atoms with van der Waals surface area (Å²) in [7, 11) is 0. The minimum absolute atomic E-state index is 0.0453. The fraction of sp³-hybridized carbons (Fsp3) is 0.136. The molecule has 2 aliphatic heterocycles. The molecule has 5 rings (SSSR count). The minimum Gasteiger partial charge on any atom is -0.479 e. The summed E-state index contributed by atoms with van der Waals surface area (Å²) in [6, 6.07) is 17.3. The molecule has 1 spiro atoms. The van der Waals surface area contributed by atoms with Gasteiger partial charge in [-0.05, 0) is 42.0 Å². The van der Waals surface area contributed by atoms with Crippen LogP contribution in [0, 0.1) is 11.3 Å². The zero-order valence-corrected chi connectivity index (χ0v) is 15.3. The maximum atomic E-state index is 8.81. The van der Waals surface area contributed by atoms with Gasteiger partial charge in [0.2, 0.25) is 0 Å². The van der Waals surface area contributed by atoms with Crippen LogP contribution < -0.4 is 15.2 Å². The fourth-order valence-electron chi connectivity index (χ4n) is 3.75. The predicted molar refractivity (Wildman–Crippen MR) is 106 cm³/mol. The smallest absolute Gasteiger partial charge is 0.283 e. The summed E-state index contributed by atoms with van der Waals surface area (Å²) in [4.78, 5) is 8.88. The molecule has 0 saturated heterocycles. The van der Waals surface area contributed by atoms with Gasteiger partial charge in [-0.2, -0.15) is 5.26 Å². The number of hydrogen-bond donors (Lipinski definition) is 1. The second-order valence-electron chi connectivity index (χ2n) is 6.76. The molecule has 2 aliphatic rings. The molecule has 142 valence electrons. The van der Waals surface area contributed by atoms with E-state index in [1.165, 1.54) is 0 Å². The summed E-state index contributed by atoms with van der Waals surface area (Å²) in [5, 5.41) is 8.81. The van der Waals surface area contributed by atoms with Crippen molar-refractivity contribution in [1.82, 2.24) is 4.98 Å². The van der Waals surface area contributed by atoms with Gasteiger partial charge in [0.25, 0.3) is 6.02 Å². The molecule has 2 aromatic carbocycles. The second kappa shape index (κ2) is 6.53. The first-order valence-corrected chi connectivity index (χ1v) is 9.05. The third-order valence-corrected chi connectivity index (χ3v) is 5.07. The molecule has 0 unspecified atom stereocenters. The number of nitrogens with two attached hydrogens (primary N) is 1. The number of amidine groups is 1. The predicted octanol–water partition coefficient (Wildman–Crippen LogP) is 3.35. The van der Waals surface area contributed by atoms with E-state index in [2.05, 4.69) is 9.98 Å². The van der Waals surface area contributed by atoms with Crippen molar-refractivity contribution in [2.75, 3.05) is 13.2 Å². The molecule has 2 N–H and O–H groups in total. The van der Waals surface area contributed by atoms with E-state index in [1.54, 1.807) is 12.3 Å². The molecule has 0 radical (unpaired) electrons. The SMILES string of the molecule is N#CCOc1ccc2c(c1)[C@]1(COC(N)=N1)c1cc(-c3cccnc3)ccc1O2. The van der Waals surface area contributed by atoms with Gasteiger partial charge in [0.05, 0.1) is 0 Å². The van der Waals surface area contributed by atoms with E-state index in [4.69, 9.17) is 25.2 Å². The van der Waals surface area contributed by atoms with Crippen LogP contribution in [0.3, 0.4) is 0 Å². The molecule has 29 heavy (non-hydrogen) atoms. The van der Waals surface area contributed by atoms with Gasteiger partial charge in [0, 0.05) is 29.1 Å². The third kappa shape index (κ3) is 2.74. The minimum atomic E-state index is -0.850. The van der Waals surface area contributed by atoms with Gasteiger partial charge in [-0.3, -0.25) is 4.98 Å². The second-order valence-corrected chi connectivity index (χ2v) is 6.76. The average Bonchev–Trinajstić information content (AvgIpc) is 3.15. The van der Waals surface area contributed by atoms with Crippen molar-refractivity contribution >= 4 is 6.02 Å². The van der Waals surface area contributed by atoms with Gasteiger partial charge in [-0.1, -0.05) is 12.1 Å².